The molecule has 1 aromatic heterocycles. The number of benzene rings is 1. The summed E-state index contributed by atoms with van der Waals surface area (Å²) in [7, 11) is 1.76. The molecule has 3 rings (SSSR count). The molecule has 0 aliphatic carbocycles. The molecule has 5 heteroatoms. The Labute approximate surface area is 123 Å². The molecular weight excluding hydrogens is 266 g/mol. The van der Waals surface area contributed by atoms with Crippen LogP contribution in [0.2, 0.25) is 0 Å². The van der Waals surface area contributed by atoms with E-state index in [0.717, 1.165) is 23.4 Å². The normalized spacial score (nSPS) is 16.7. The lowest BCUT2D eigenvalue weighted by Gasteiger charge is -2.28. The fourth-order valence-corrected chi connectivity index (χ4v) is 2.48. The number of nitrogens with zero attached hydrogens (tertiary/aromatic N) is 3. The third kappa shape index (κ3) is 3.02. The maximum absolute atomic E-state index is 12.5. The van der Waals surface area contributed by atoms with E-state index in [0.29, 0.717) is 13.0 Å². The van der Waals surface area contributed by atoms with Gasteiger partial charge in [-0.2, -0.15) is 0 Å². The number of rotatable bonds is 3. The van der Waals surface area contributed by atoms with Gasteiger partial charge in [-0.1, -0.05) is 18.2 Å². The van der Waals surface area contributed by atoms with Gasteiger partial charge in [0.1, 0.15) is 5.75 Å². The summed E-state index contributed by atoms with van der Waals surface area (Å²) in [5, 5.41) is 0. The Balaban J connectivity index is 1.66. The lowest BCUT2D eigenvalue weighted by atomic mass is 10.0. The first kappa shape index (κ1) is 13.5. The van der Waals surface area contributed by atoms with Gasteiger partial charge in [-0.25, -0.2) is 0 Å². The number of ether oxygens (including phenoxy) is 1. The maximum atomic E-state index is 12.5. The molecule has 0 radical (unpaired) electrons. The Morgan fingerprint density at radius 1 is 1.38 bits per heavy atom. The second kappa shape index (κ2) is 5.91. The number of likely N-dealkylation sites (N-methyl/N-ethyl adjacent to an activating group) is 1. The van der Waals surface area contributed by atoms with Gasteiger partial charge in [0.05, 0.1) is 18.4 Å². The van der Waals surface area contributed by atoms with E-state index in [9.17, 15) is 4.79 Å². The first-order valence-electron chi connectivity index (χ1n) is 6.98. The van der Waals surface area contributed by atoms with Gasteiger partial charge in [-0.3, -0.25) is 14.8 Å². The average molecular weight is 283 g/mol. The number of aromatic nitrogens is 2. The van der Waals surface area contributed by atoms with Crippen molar-refractivity contribution in [1.82, 2.24) is 14.9 Å². The molecule has 1 unspecified atom stereocenters. The zero-order valence-electron chi connectivity index (χ0n) is 11.9. The topological polar surface area (TPSA) is 55.3 Å². The molecule has 0 spiro atoms. The van der Waals surface area contributed by atoms with Crippen LogP contribution in [0, 0.1) is 0 Å². The van der Waals surface area contributed by atoms with Gasteiger partial charge in [0.15, 0.2) is 6.10 Å². The van der Waals surface area contributed by atoms with E-state index in [-0.39, 0.29) is 5.91 Å². The number of amides is 1. The number of hydrogen-bond donors (Lipinski definition) is 0. The van der Waals surface area contributed by atoms with Crippen LogP contribution in [0.25, 0.3) is 0 Å². The number of fused-ring (bicyclic) bond motifs is 1. The van der Waals surface area contributed by atoms with Gasteiger partial charge in [-0.05, 0) is 24.5 Å². The Morgan fingerprint density at radius 2 is 2.24 bits per heavy atom. The number of hydrogen-bond acceptors (Lipinski definition) is 4. The predicted octanol–water partition coefficient (Wildman–Crippen LogP) is 1.83. The highest BCUT2D eigenvalue weighted by Gasteiger charge is 2.28. The monoisotopic (exact) mass is 283 g/mol. The van der Waals surface area contributed by atoms with Crippen molar-refractivity contribution in [3.8, 4) is 5.75 Å². The highest BCUT2D eigenvalue weighted by atomic mass is 16.5. The first-order chi connectivity index (χ1) is 10.2. The van der Waals surface area contributed by atoms with Crippen LogP contribution in [0.15, 0.2) is 42.9 Å². The van der Waals surface area contributed by atoms with Crippen LogP contribution in [0.1, 0.15) is 17.7 Å². The zero-order valence-corrected chi connectivity index (χ0v) is 11.9. The molecule has 21 heavy (non-hydrogen) atoms. The Bertz CT molecular complexity index is 630. The standard InChI is InChI=1S/C16H17N3O2/c1-19(11-13-10-17-8-9-18-13)16(20)15-7-6-12-4-2-3-5-14(12)21-15/h2-5,8-10,15H,6-7,11H2,1H3. The summed E-state index contributed by atoms with van der Waals surface area (Å²) in [4.78, 5) is 22.3. The summed E-state index contributed by atoms with van der Waals surface area (Å²) in [6.45, 7) is 0.439. The molecule has 2 aromatic rings. The van der Waals surface area contributed by atoms with E-state index in [1.54, 1.807) is 30.5 Å². The van der Waals surface area contributed by atoms with E-state index in [4.69, 9.17) is 4.74 Å². The maximum Gasteiger partial charge on any atom is 0.263 e. The van der Waals surface area contributed by atoms with Crippen LogP contribution in [-0.4, -0.2) is 33.9 Å². The molecule has 1 aliphatic rings. The zero-order chi connectivity index (χ0) is 14.7. The Kier molecular flexibility index (Phi) is 3.81. The molecular formula is C16H17N3O2. The molecule has 1 aromatic carbocycles. The predicted molar refractivity (Wildman–Crippen MR) is 77.7 cm³/mol. The van der Waals surface area contributed by atoms with Crippen molar-refractivity contribution in [2.45, 2.75) is 25.5 Å². The Morgan fingerprint density at radius 3 is 3.05 bits per heavy atom. The van der Waals surface area contributed by atoms with E-state index in [1.807, 2.05) is 24.3 Å². The third-order valence-electron chi connectivity index (χ3n) is 3.59. The van der Waals surface area contributed by atoms with E-state index in [2.05, 4.69) is 9.97 Å². The summed E-state index contributed by atoms with van der Waals surface area (Å²) in [5.41, 5.74) is 1.93. The van der Waals surface area contributed by atoms with Crippen LogP contribution in [0.3, 0.4) is 0 Å². The number of para-hydroxylation sites is 1. The summed E-state index contributed by atoms with van der Waals surface area (Å²) >= 11 is 0. The quantitative estimate of drug-likeness (QED) is 0.862. The van der Waals surface area contributed by atoms with Crippen molar-refractivity contribution >= 4 is 5.91 Å². The molecule has 0 bridgehead atoms. The fourth-order valence-electron chi connectivity index (χ4n) is 2.48. The molecule has 0 N–H and O–H groups in total. The van der Waals surface area contributed by atoms with E-state index < -0.39 is 6.10 Å². The average Bonchev–Trinajstić information content (AvgIpc) is 2.54. The molecule has 1 aliphatic heterocycles. The van der Waals surface area contributed by atoms with Gasteiger partial charge < -0.3 is 9.64 Å². The largest absolute Gasteiger partial charge is 0.480 e. The van der Waals surface area contributed by atoms with Crippen molar-refractivity contribution in [3.05, 3.63) is 54.1 Å². The smallest absolute Gasteiger partial charge is 0.263 e. The molecule has 0 saturated heterocycles. The minimum atomic E-state index is -0.415. The summed E-state index contributed by atoms with van der Waals surface area (Å²) in [5.74, 6) is 0.796. The summed E-state index contributed by atoms with van der Waals surface area (Å²) in [6, 6.07) is 7.87. The molecule has 108 valence electrons. The van der Waals surface area contributed by atoms with Gasteiger partial charge in [0.25, 0.3) is 5.91 Å². The van der Waals surface area contributed by atoms with Crippen molar-refractivity contribution in [1.29, 1.82) is 0 Å². The number of carbonyl (C=O) groups is 1. The van der Waals surface area contributed by atoms with Gasteiger partial charge in [0, 0.05) is 19.4 Å². The van der Waals surface area contributed by atoms with Crippen molar-refractivity contribution in [2.75, 3.05) is 7.05 Å². The van der Waals surface area contributed by atoms with Crippen LogP contribution in [-0.2, 0) is 17.8 Å². The molecule has 0 saturated carbocycles. The van der Waals surface area contributed by atoms with Crippen LogP contribution in [0.4, 0.5) is 0 Å². The van der Waals surface area contributed by atoms with Crippen LogP contribution >= 0.6 is 0 Å². The van der Waals surface area contributed by atoms with Crippen LogP contribution in [0.5, 0.6) is 5.75 Å². The molecule has 5 nitrogen and oxygen atoms in total. The second-order valence-electron chi connectivity index (χ2n) is 5.14. The van der Waals surface area contributed by atoms with Gasteiger partial charge >= 0.3 is 0 Å². The molecule has 1 atom stereocenters. The second-order valence-corrected chi connectivity index (χ2v) is 5.14. The van der Waals surface area contributed by atoms with Crippen molar-refractivity contribution in [3.63, 3.8) is 0 Å². The molecule has 0 fully saturated rings. The summed E-state index contributed by atoms with van der Waals surface area (Å²) < 4.78 is 5.83. The Hall–Kier alpha value is -2.43. The fraction of sp³-hybridized carbons (Fsp3) is 0.312. The number of aryl methyl sites for hydroxylation is 1. The highest BCUT2D eigenvalue weighted by Crippen LogP contribution is 2.27. The summed E-state index contributed by atoms with van der Waals surface area (Å²) in [6.07, 6.45) is 6.07. The van der Waals surface area contributed by atoms with Crippen molar-refractivity contribution in [2.24, 2.45) is 0 Å². The van der Waals surface area contributed by atoms with Gasteiger partial charge in [-0.15, -0.1) is 0 Å². The SMILES string of the molecule is CN(Cc1cnccn1)C(=O)C1CCc2ccccc2O1. The first-order valence-corrected chi connectivity index (χ1v) is 6.98. The molecule has 2 heterocycles. The van der Waals surface area contributed by atoms with E-state index in [1.165, 1.54) is 0 Å². The van der Waals surface area contributed by atoms with Crippen LogP contribution < -0.4 is 4.74 Å². The lowest BCUT2D eigenvalue weighted by molar-refractivity contribution is -0.138. The van der Waals surface area contributed by atoms with Crippen molar-refractivity contribution < 1.29 is 9.53 Å². The van der Waals surface area contributed by atoms with Gasteiger partial charge in [0.2, 0.25) is 0 Å². The third-order valence-corrected chi connectivity index (χ3v) is 3.59. The lowest BCUT2D eigenvalue weighted by Crippen LogP contribution is -2.41. The highest BCUT2D eigenvalue weighted by molar-refractivity contribution is 5.81. The molecule has 1 amide bonds. The van der Waals surface area contributed by atoms with E-state index >= 15 is 0 Å². The number of carbonyl (C=O) groups excluding carboxylic acids is 1. The minimum Gasteiger partial charge on any atom is -0.480 e. The minimum absolute atomic E-state index is 0.0184.